The molecule has 29 heavy (non-hydrogen) atoms. The molecule has 0 aliphatic heterocycles. The summed E-state index contributed by atoms with van der Waals surface area (Å²) in [5.74, 6) is 0.812. The minimum absolute atomic E-state index is 0.106. The van der Waals surface area contributed by atoms with Crippen molar-refractivity contribution in [3.8, 4) is 6.07 Å². The summed E-state index contributed by atoms with van der Waals surface area (Å²) in [5, 5.41) is 16.9. The molecule has 0 spiro atoms. The van der Waals surface area contributed by atoms with E-state index < -0.39 is 0 Å². The molecule has 0 unspecified atom stereocenters. The van der Waals surface area contributed by atoms with E-state index >= 15 is 0 Å². The van der Waals surface area contributed by atoms with Gasteiger partial charge in [-0.05, 0) is 68.5 Å². The second-order valence-corrected chi connectivity index (χ2v) is 7.70. The molecular formula is C24H24N4O. The van der Waals surface area contributed by atoms with Gasteiger partial charge in [0, 0.05) is 23.0 Å². The summed E-state index contributed by atoms with van der Waals surface area (Å²) in [7, 11) is 0. The SMILES string of the molecule is Cc1cc(N[C@H]2CC[C@@H](NC(=O)c3cccc(C#N)c3)CC2)nc2ccccc12. The molecule has 5 heteroatoms. The van der Waals surface area contributed by atoms with E-state index in [4.69, 9.17) is 10.2 Å². The molecule has 1 heterocycles. The van der Waals surface area contributed by atoms with E-state index in [1.54, 1.807) is 24.3 Å². The Morgan fingerprint density at radius 1 is 1.03 bits per heavy atom. The first-order valence-corrected chi connectivity index (χ1v) is 10.1. The van der Waals surface area contributed by atoms with Crippen molar-refractivity contribution in [2.45, 2.75) is 44.7 Å². The van der Waals surface area contributed by atoms with Gasteiger partial charge in [-0.3, -0.25) is 4.79 Å². The average Bonchev–Trinajstić information content (AvgIpc) is 2.75. The van der Waals surface area contributed by atoms with Gasteiger partial charge in [0.15, 0.2) is 0 Å². The van der Waals surface area contributed by atoms with Crippen LogP contribution in [0.2, 0.25) is 0 Å². The van der Waals surface area contributed by atoms with E-state index in [0.29, 0.717) is 17.2 Å². The number of amides is 1. The first kappa shape index (κ1) is 18.9. The lowest BCUT2D eigenvalue weighted by molar-refractivity contribution is 0.0926. The molecule has 0 radical (unpaired) electrons. The summed E-state index contributed by atoms with van der Waals surface area (Å²) in [6, 6.07) is 19.7. The Bertz CT molecular complexity index is 1080. The molecule has 2 aromatic carbocycles. The van der Waals surface area contributed by atoms with Crippen LogP contribution in [0.4, 0.5) is 5.82 Å². The highest BCUT2D eigenvalue weighted by Gasteiger charge is 2.23. The number of carbonyl (C=O) groups is 1. The molecule has 1 aliphatic carbocycles. The van der Waals surface area contributed by atoms with Gasteiger partial charge in [-0.25, -0.2) is 4.98 Å². The van der Waals surface area contributed by atoms with Gasteiger partial charge >= 0.3 is 0 Å². The highest BCUT2D eigenvalue weighted by Crippen LogP contribution is 2.25. The number of nitrogens with one attached hydrogen (secondary N) is 2. The highest BCUT2D eigenvalue weighted by atomic mass is 16.1. The second kappa shape index (κ2) is 8.32. The van der Waals surface area contributed by atoms with E-state index in [1.807, 2.05) is 18.2 Å². The van der Waals surface area contributed by atoms with Crippen molar-refractivity contribution in [1.82, 2.24) is 10.3 Å². The van der Waals surface area contributed by atoms with Crippen LogP contribution in [-0.2, 0) is 0 Å². The molecule has 0 bridgehead atoms. The van der Waals surface area contributed by atoms with Crippen LogP contribution in [0.25, 0.3) is 10.9 Å². The highest BCUT2D eigenvalue weighted by molar-refractivity contribution is 5.94. The molecule has 1 aromatic heterocycles. The Morgan fingerprint density at radius 3 is 2.59 bits per heavy atom. The Labute approximate surface area is 170 Å². The average molecular weight is 384 g/mol. The molecule has 1 aliphatic rings. The zero-order chi connectivity index (χ0) is 20.2. The van der Waals surface area contributed by atoms with Crippen LogP contribution in [0.3, 0.4) is 0 Å². The number of anilines is 1. The molecule has 3 aromatic rings. The fourth-order valence-electron chi connectivity index (χ4n) is 4.01. The predicted molar refractivity (Wildman–Crippen MR) is 115 cm³/mol. The fourth-order valence-corrected chi connectivity index (χ4v) is 4.01. The van der Waals surface area contributed by atoms with E-state index in [2.05, 4.69) is 35.8 Å². The third-order valence-electron chi connectivity index (χ3n) is 5.59. The summed E-state index contributed by atoms with van der Waals surface area (Å²) in [5.41, 5.74) is 3.28. The van der Waals surface area contributed by atoms with Gasteiger partial charge in [0.1, 0.15) is 5.82 Å². The Balaban J connectivity index is 1.34. The summed E-state index contributed by atoms with van der Waals surface area (Å²) < 4.78 is 0. The molecular weight excluding hydrogens is 360 g/mol. The van der Waals surface area contributed by atoms with Crippen molar-refractivity contribution in [3.63, 3.8) is 0 Å². The Kier molecular flexibility index (Phi) is 5.44. The minimum atomic E-state index is -0.106. The number of benzene rings is 2. The van der Waals surface area contributed by atoms with E-state index in [9.17, 15) is 4.79 Å². The number of hydrogen-bond donors (Lipinski definition) is 2. The summed E-state index contributed by atoms with van der Waals surface area (Å²) >= 11 is 0. The predicted octanol–water partition coefficient (Wildman–Crippen LogP) is 4.57. The largest absolute Gasteiger partial charge is 0.367 e. The standard InChI is InChI=1S/C24H24N4O/c1-16-13-23(28-22-8-3-2-7-21(16)22)26-19-9-11-20(12-10-19)27-24(29)18-6-4-5-17(14-18)15-25/h2-8,13-14,19-20H,9-12H2,1H3,(H,26,28)(H,27,29)/t19-,20+. The topological polar surface area (TPSA) is 77.8 Å². The second-order valence-electron chi connectivity index (χ2n) is 7.70. The van der Waals surface area contributed by atoms with Gasteiger partial charge in [-0.15, -0.1) is 0 Å². The summed E-state index contributed by atoms with van der Waals surface area (Å²) in [4.78, 5) is 17.2. The van der Waals surface area contributed by atoms with Gasteiger partial charge in [-0.1, -0.05) is 24.3 Å². The van der Waals surface area contributed by atoms with Crippen LogP contribution in [-0.4, -0.2) is 23.0 Å². The van der Waals surface area contributed by atoms with Crippen LogP contribution in [0.1, 0.15) is 47.2 Å². The molecule has 146 valence electrons. The molecule has 0 atom stereocenters. The molecule has 1 saturated carbocycles. The number of pyridine rings is 1. The van der Waals surface area contributed by atoms with Gasteiger partial charge in [0.2, 0.25) is 0 Å². The number of carbonyl (C=O) groups excluding carboxylic acids is 1. The lowest BCUT2D eigenvalue weighted by Gasteiger charge is -2.30. The number of fused-ring (bicyclic) bond motifs is 1. The third-order valence-corrected chi connectivity index (χ3v) is 5.59. The van der Waals surface area contributed by atoms with Crippen LogP contribution in [0.5, 0.6) is 0 Å². The van der Waals surface area contributed by atoms with Crippen molar-refractivity contribution in [2.24, 2.45) is 0 Å². The first-order chi connectivity index (χ1) is 14.1. The molecule has 4 rings (SSSR count). The molecule has 0 saturated heterocycles. The zero-order valence-corrected chi connectivity index (χ0v) is 16.5. The van der Waals surface area contributed by atoms with E-state index in [1.165, 1.54) is 10.9 Å². The number of nitrogens with zero attached hydrogens (tertiary/aromatic N) is 2. The van der Waals surface area contributed by atoms with Crippen LogP contribution in [0, 0.1) is 18.3 Å². The normalized spacial score (nSPS) is 18.8. The van der Waals surface area contributed by atoms with Crippen LogP contribution >= 0.6 is 0 Å². The molecule has 5 nitrogen and oxygen atoms in total. The van der Waals surface area contributed by atoms with E-state index in [-0.39, 0.29) is 11.9 Å². The number of aryl methyl sites for hydroxylation is 1. The maximum atomic E-state index is 12.5. The smallest absolute Gasteiger partial charge is 0.251 e. The minimum Gasteiger partial charge on any atom is -0.367 e. The lowest BCUT2D eigenvalue weighted by Crippen LogP contribution is -2.40. The fraction of sp³-hybridized carbons (Fsp3) is 0.292. The van der Waals surface area contributed by atoms with Crippen molar-refractivity contribution < 1.29 is 4.79 Å². The Morgan fingerprint density at radius 2 is 1.79 bits per heavy atom. The van der Waals surface area contributed by atoms with E-state index in [0.717, 1.165) is 37.0 Å². The molecule has 1 amide bonds. The molecule has 1 fully saturated rings. The maximum absolute atomic E-state index is 12.5. The van der Waals surface area contributed by atoms with Crippen molar-refractivity contribution in [3.05, 3.63) is 71.3 Å². The van der Waals surface area contributed by atoms with Gasteiger partial charge < -0.3 is 10.6 Å². The maximum Gasteiger partial charge on any atom is 0.251 e. The monoisotopic (exact) mass is 384 g/mol. The van der Waals surface area contributed by atoms with Crippen molar-refractivity contribution in [2.75, 3.05) is 5.32 Å². The van der Waals surface area contributed by atoms with Gasteiger partial charge in [0.05, 0.1) is 17.1 Å². The number of nitriles is 1. The Hall–Kier alpha value is -3.39. The van der Waals surface area contributed by atoms with Gasteiger partial charge in [-0.2, -0.15) is 5.26 Å². The first-order valence-electron chi connectivity index (χ1n) is 10.1. The van der Waals surface area contributed by atoms with Gasteiger partial charge in [0.25, 0.3) is 5.91 Å². The van der Waals surface area contributed by atoms with Crippen LogP contribution < -0.4 is 10.6 Å². The molecule has 2 N–H and O–H groups in total. The lowest BCUT2D eigenvalue weighted by atomic mass is 9.91. The number of hydrogen-bond acceptors (Lipinski definition) is 4. The zero-order valence-electron chi connectivity index (χ0n) is 16.5. The summed E-state index contributed by atoms with van der Waals surface area (Å²) in [6.07, 6.45) is 3.81. The number of para-hydroxylation sites is 1. The number of aromatic nitrogens is 1. The van der Waals surface area contributed by atoms with Crippen LogP contribution in [0.15, 0.2) is 54.6 Å². The van der Waals surface area contributed by atoms with Crippen molar-refractivity contribution in [1.29, 1.82) is 5.26 Å². The summed E-state index contributed by atoms with van der Waals surface area (Å²) in [6.45, 7) is 2.11. The van der Waals surface area contributed by atoms with Crippen molar-refractivity contribution >= 4 is 22.6 Å². The third kappa shape index (κ3) is 4.38. The quantitative estimate of drug-likeness (QED) is 0.691. The number of rotatable bonds is 4.